The highest BCUT2D eigenvalue weighted by atomic mass is 19.2. The molecular formula is C29H28F2N6O3. The Hall–Kier alpha value is -4.56. The monoisotopic (exact) mass is 546 g/mol. The molecule has 11 heteroatoms. The van der Waals surface area contributed by atoms with Gasteiger partial charge >= 0.3 is 0 Å². The molecule has 0 aliphatic carbocycles. The van der Waals surface area contributed by atoms with Gasteiger partial charge in [0.25, 0.3) is 11.5 Å². The normalized spacial score (nSPS) is 13.6. The number of hydrogen-bond donors (Lipinski definition) is 2. The van der Waals surface area contributed by atoms with Crippen molar-refractivity contribution in [3.05, 3.63) is 87.0 Å². The summed E-state index contributed by atoms with van der Waals surface area (Å²) in [6.07, 6.45) is 3.59. The third kappa shape index (κ3) is 5.87. The van der Waals surface area contributed by atoms with E-state index in [0.29, 0.717) is 23.2 Å². The van der Waals surface area contributed by atoms with Crippen LogP contribution in [0.2, 0.25) is 0 Å². The molecular weight excluding hydrogens is 518 g/mol. The number of anilines is 1. The van der Waals surface area contributed by atoms with E-state index in [1.54, 1.807) is 20.2 Å². The fraction of sp³-hybridized carbons (Fsp3) is 0.310. The van der Waals surface area contributed by atoms with Crippen molar-refractivity contribution in [2.45, 2.75) is 32.4 Å². The minimum atomic E-state index is -1.00. The Balaban J connectivity index is 1.23. The lowest BCUT2D eigenvalue weighted by atomic mass is 10.1. The maximum atomic E-state index is 13.6. The first-order chi connectivity index (χ1) is 19.3. The second-order valence-corrected chi connectivity index (χ2v) is 9.58. The summed E-state index contributed by atoms with van der Waals surface area (Å²) < 4.78 is 35.1. The van der Waals surface area contributed by atoms with Gasteiger partial charge in [-0.1, -0.05) is 17.9 Å². The van der Waals surface area contributed by atoms with Crippen LogP contribution >= 0.6 is 0 Å². The standard InChI is InChI=1S/C29H28F2N6O3/c1-18-26(28(39)37(36(18)2)17-20-5-7-23(30)24(31)15-20)27(38)32-11-3-4-19-6-8-25-21(14-19)16-33-29(35-25)34-22-9-12-40-13-10-22/h5-8,14-16,22H,9-13,17H2,1-2H3,(H,32,38)(H,33,34,35). The van der Waals surface area contributed by atoms with Crippen molar-refractivity contribution in [1.82, 2.24) is 24.6 Å². The summed E-state index contributed by atoms with van der Waals surface area (Å²) in [6.45, 7) is 3.12. The first-order valence-electron chi connectivity index (χ1n) is 12.9. The molecule has 4 aromatic rings. The van der Waals surface area contributed by atoms with Crippen molar-refractivity contribution in [3.63, 3.8) is 0 Å². The summed E-state index contributed by atoms with van der Waals surface area (Å²) in [4.78, 5) is 34.8. The van der Waals surface area contributed by atoms with Crippen LogP contribution in [0.3, 0.4) is 0 Å². The SMILES string of the molecule is Cc1c(C(=O)NCC#Cc2ccc3nc(NC4CCOCC4)ncc3c2)c(=O)n(Cc2ccc(F)c(F)c2)n1C. The van der Waals surface area contributed by atoms with E-state index in [-0.39, 0.29) is 18.7 Å². The molecule has 40 heavy (non-hydrogen) atoms. The first kappa shape index (κ1) is 27.0. The summed E-state index contributed by atoms with van der Waals surface area (Å²) in [5, 5.41) is 6.87. The van der Waals surface area contributed by atoms with Crippen molar-refractivity contribution >= 4 is 22.8 Å². The highest BCUT2D eigenvalue weighted by Gasteiger charge is 2.21. The van der Waals surface area contributed by atoms with Gasteiger partial charge in [-0.05, 0) is 55.7 Å². The molecule has 2 aromatic heterocycles. The van der Waals surface area contributed by atoms with Gasteiger partial charge in [-0.15, -0.1) is 0 Å². The van der Waals surface area contributed by atoms with E-state index >= 15 is 0 Å². The molecule has 0 radical (unpaired) electrons. The van der Waals surface area contributed by atoms with Gasteiger partial charge < -0.3 is 15.4 Å². The van der Waals surface area contributed by atoms with E-state index < -0.39 is 23.1 Å². The second kappa shape index (κ2) is 11.7. The Morgan fingerprint density at radius 3 is 2.73 bits per heavy atom. The first-order valence-corrected chi connectivity index (χ1v) is 12.9. The van der Waals surface area contributed by atoms with E-state index in [2.05, 4.69) is 32.4 Å². The van der Waals surface area contributed by atoms with Crippen LogP contribution in [0.5, 0.6) is 0 Å². The molecule has 0 atom stereocenters. The number of halogens is 2. The lowest BCUT2D eigenvalue weighted by Crippen LogP contribution is -2.31. The third-order valence-corrected chi connectivity index (χ3v) is 6.91. The number of ether oxygens (including phenoxy) is 1. The summed E-state index contributed by atoms with van der Waals surface area (Å²) >= 11 is 0. The Kier molecular flexibility index (Phi) is 7.89. The van der Waals surface area contributed by atoms with Gasteiger partial charge in [0.15, 0.2) is 11.6 Å². The van der Waals surface area contributed by atoms with Gasteiger partial charge in [0.05, 0.1) is 18.6 Å². The summed E-state index contributed by atoms with van der Waals surface area (Å²) in [7, 11) is 1.63. The fourth-order valence-corrected chi connectivity index (χ4v) is 4.58. The molecule has 1 saturated heterocycles. The molecule has 1 fully saturated rings. The van der Waals surface area contributed by atoms with Gasteiger partial charge in [-0.3, -0.25) is 14.3 Å². The van der Waals surface area contributed by atoms with Crippen molar-refractivity contribution in [2.24, 2.45) is 7.05 Å². The molecule has 2 aromatic carbocycles. The zero-order chi connectivity index (χ0) is 28.2. The number of nitrogens with zero attached hydrogens (tertiary/aromatic N) is 4. The maximum absolute atomic E-state index is 13.6. The zero-order valence-electron chi connectivity index (χ0n) is 22.1. The molecule has 206 valence electrons. The van der Waals surface area contributed by atoms with Gasteiger partial charge in [-0.2, -0.15) is 0 Å². The fourth-order valence-electron chi connectivity index (χ4n) is 4.58. The predicted molar refractivity (Wildman–Crippen MR) is 146 cm³/mol. The quantitative estimate of drug-likeness (QED) is 0.361. The zero-order valence-corrected chi connectivity index (χ0v) is 22.1. The average Bonchev–Trinajstić information content (AvgIpc) is 3.16. The Morgan fingerprint density at radius 1 is 1.15 bits per heavy atom. The van der Waals surface area contributed by atoms with Crippen LogP contribution in [0.4, 0.5) is 14.7 Å². The minimum absolute atomic E-state index is 0.0146. The largest absolute Gasteiger partial charge is 0.381 e. The highest BCUT2D eigenvalue weighted by Crippen LogP contribution is 2.17. The lowest BCUT2D eigenvalue weighted by molar-refractivity contribution is 0.0903. The minimum Gasteiger partial charge on any atom is -0.381 e. The smallest absolute Gasteiger partial charge is 0.280 e. The second-order valence-electron chi connectivity index (χ2n) is 9.58. The summed E-state index contributed by atoms with van der Waals surface area (Å²) in [6, 6.07) is 9.32. The predicted octanol–water partition coefficient (Wildman–Crippen LogP) is 3.14. The molecule has 0 unspecified atom stereocenters. The molecule has 5 rings (SSSR count). The molecule has 0 bridgehead atoms. The van der Waals surface area contributed by atoms with Crippen LogP contribution in [0, 0.1) is 30.4 Å². The van der Waals surface area contributed by atoms with Gasteiger partial charge in [-0.25, -0.2) is 23.4 Å². The topological polar surface area (TPSA) is 103 Å². The van der Waals surface area contributed by atoms with E-state index in [0.717, 1.165) is 54.7 Å². The van der Waals surface area contributed by atoms with Gasteiger partial charge in [0.1, 0.15) is 5.56 Å². The van der Waals surface area contributed by atoms with Crippen molar-refractivity contribution in [2.75, 3.05) is 25.1 Å². The van der Waals surface area contributed by atoms with E-state index in [9.17, 15) is 18.4 Å². The highest BCUT2D eigenvalue weighted by molar-refractivity contribution is 5.95. The van der Waals surface area contributed by atoms with E-state index in [1.165, 1.54) is 15.4 Å². The van der Waals surface area contributed by atoms with Crippen molar-refractivity contribution in [3.8, 4) is 11.8 Å². The molecule has 3 heterocycles. The van der Waals surface area contributed by atoms with Crippen LogP contribution in [0.25, 0.3) is 10.9 Å². The summed E-state index contributed by atoms with van der Waals surface area (Å²) in [5.74, 6) is 3.97. The number of carbonyl (C=O) groups excluding carboxylic acids is 1. The number of aromatic nitrogens is 4. The average molecular weight is 547 g/mol. The van der Waals surface area contributed by atoms with E-state index in [4.69, 9.17) is 4.74 Å². The van der Waals surface area contributed by atoms with Gasteiger partial charge in [0, 0.05) is 49.1 Å². The number of carbonyl (C=O) groups is 1. The van der Waals surface area contributed by atoms with Crippen LogP contribution in [-0.2, 0) is 18.3 Å². The van der Waals surface area contributed by atoms with Crippen LogP contribution < -0.4 is 16.2 Å². The summed E-state index contributed by atoms with van der Waals surface area (Å²) in [5.41, 5.74) is 1.81. The van der Waals surface area contributed by atoms with E-state index in [1.807, 2.05) is 18.2 Å². The van der Waals surface area contributed by atoms with Crippen molar-refractivity contribution in [1.29, 1.82) is 0 Å². The molecule has 0 saturated carbocycles. The van der Waals surface area contributed by atoms with Crippen LogP contribution in [-0.4, -0.2) is 51.0 Å². The Morgan fingerprint density at radius 2 is 1.95 bits per heavy atom. The van der Waals surface area contributed by atoms with Crippen molar-refractivity contribution < 1.29 is 18.3 Å². The Labute approximate surface area is 229 Å². The number of hydrogen-bond acceptors (Lipinski definition) is 6. The van der Waals surface area contributed by atoms with Crippen LogP contribution in [0.1, 0.15) is 40.0 Å². The Bertz CT molecular complexity index is 1700. The molecule has 1 aliphatic heterocycles. The number of amides is 1. The molecule has 9 nitrogen and oxygen atoms in total. The van der Waals surface area contributed by atoms with Gasteiger partial charge in [0.2, 0.25) is 5.95 Å². The molecule has 0 spiro atoms. The number of benzene rings is 2. The van der Waals surface area contributed by atoms with Crippen LogP contribution in [0.15, 0.2) is 47.4 Å². The third-order valence-electron chi connectivity index (χ3n) is 6.91. The number of nitrogens with one attached hydrogen (secondary N) is 2. The molecule has 1 amide bonds. The maximum Gasteiger partial charge on any atom is 0.280 e. The molecule has 1 aliphatic rings. The number of rotatable bonds is 6. The lowest BCUT2D eigenvalue weighted by Gasteiger charge is -2.23. The molecule has 2 N–H and O–H groups in total. The number of fused-ring (bicyclic) bond motifs is 1.